The Morgan fingerprint density at radius 2 is 1.75 bits per heavy atom. The highest BCUT2D eigenvalue weighted by molar-refractivity contribution is 7.87. The van der Waals surface area contributed by atoms with Gasteiger partial charge in [-0.1, -0.05) is 12.1 Å². The first-order valence-electron chi connectivity index (χ1n) is 6.43. The Labute approximate surface area is 134 Å². The predicted octanol–water partition coefficient (Wildman–Crippen LogP) is 3.81. The van der Waals surface area contributed by atoms with E-state index in [9.17, 15) is 30.8 Å². The number of rotatable bonds is 4. The van der Waals surface area contributed by atoms with Crippen LogP contribution in [0.5, 0.6) is 5.75 Å². The number of halogens is 4. The average Bonchev–Trinajstić information content (AvgIpc) is 2.46. The van der Waals surface area contributed by atoms with Gasteiger partial charge in [-0.25, -0.2) is 4.39 Å². The molecule has 4 nitrogen and oxygen atoms in total. The Hall–Kier alpha value is -2.42. The lowest BCUT2D eigenvalue weighted by Crippen LogP contribution is -2.14. The number of Topliss-reactive ketones (excluding diaryl/α,β-unsaturated/α-hetero) is 1. The molecule has 2 aromatic rings. The Morgan fingerprint density at radius 1 is 1.08 bits per heavy atom. The van der Waals surface area contributed by atoms with Crippen LogP contribution in [0.4, 0.5) is 17.6 Å². The monoisotopic (exact) mass is 362 g/mol. The van der Waals surface area contributed by atoms with Crippen LogP contribution in [-0.2, 0) is 16.3 Å². The molecule has 0 heterocycles. The molecule has 0 radical (unpaired) electrons. The molecule has 0 unspecified atom stereocenters. The van der Waals surface area contributed by atoms with Crippen LogP contribution in [0.2, 0.25) is 0 Å². The quantitative estimate of drug-likeness (QED) is 0.471. The van der Waals surface area contributed by atoms with E-state index in [1.807, 2.05) is 0 Å². The Kier molecular flexibility index (Phi) is 4.66. The maximum atomic E-state index is 13.7. The van der Waals surface area contributed by atoms with Gasteiger partial charge < -0.3 is 4.18 Å². The van der Waals surface area contributed by atoms with Gasteiger partial charge in [0.25, 0.3) is 0 Å². The molecule has 2 aromatic carbocycles. The van der Waals surface area contributed by atoms with Crippen molar-refractivity contribution < 1.29 is 35.0 Å². The van der Waals surface area contributed by atoms with Crippen LogP contribution in [0.25, 0.3) is 0 Å². The fourth-order valence-electron chi connectivity index (χ4n) is 1.81. The minimum Gasteiger partial charge on any atom is -0.379 e. The van der Waals surface area contributed by atoms with E-state index in [0.717, 1.165) is 6.07 Å². The molecule has 0 saturated carbocycles. The topological polar surface area (TPSA) is 60.4 Å². The molecule has 128 valence electrons. The van der Waals surface area contributed by atoms with Crippen molar-refractivity contribution in [3.63, 3.8) is 0 Å². The first kappa shape index (κ1) is 17.9. The van der Waals surface area contributed by atoms with E-state index in [1.165, 1.54) is 25.1 Å². The highest BCUT2D eigenvalue weighted by Crippen LogP contribution is 2.32. The van der Waals surface area contributed by atoms with Crippen LogP contribution in [0, 0.1) is 5.82 Å². The standard InChI is InChI=1S/C15H10F4O4S/c1-9(20)10-3-2-4-12(7-10)23-24(21,22)14-8-11(15(17,18)19)5-6-13(14)16/h2-8H,1H3. The number of hydrogen-bond acceptors (Lipinski definition) is 4. The third kappa shape index (κ3) is 3.91. The van der Waals surface area contributed by atoms with Crippen molar-refractivity contribution in [1.29, 1.82) is 0 Å². The summed E-state index contributed by atoms with van der Waals surface area (Å²) < 4.78 is 80.4. The van der Waals surface area contributed by atoms with Gasteiger partial charge in [0.15, 0.2) is 5.78 Å². The van der Waals surface area contributed by atoms with Crippen molar-refractivity contribution in [3.05, 3.63) is 59.4 Å². The highest BCUT2D eigenvalue weighted by atomic mass is 32.2. The summed E-state index contributed by atoms with van der Waals surface area (Å²) in [5.41, 5.74) is -1.20. The molecule has 0 aromatic heterocycles. The van der Waals surface area contributed by atoms with Gasteiger partial charge in [0.2, 0.25) is 0 Å². The Balaban J connectivity index is 2.44. The molecule has 0 spiro atoms. The zero-order chi connectivity index (χ0) is 18.1. The van der Waals surface area contributed by atoms with E-state index in [4.69, 9.17) is 0 Å². The highest BCUT2D eigenvalue weighted by Gasteiger charge is 2.33. The summed E-state index contributed by atoms with van der Waals surface area (Å²) in [5.74, 6) is -2.08. The molecule has 24 heavy (non-hydrogen) atoms. The molecule has 0 fully saturated rings. The first-order valence-corrected chi connectivity index (χ1v) is 7.84. The number of carbonyl (C=O) groups is 1. The number of ketones is 1. The van der Waals surface area contributed by atoms with Crippen LogP contribution in [0.3, 0.4) is 0 Å². The molecule has 0 saturated heterocycles. The zero-order valence-electron chi connectivity index (χ0n) is 12.1. The third-order valence-corrected chi connectivity index (χ3v) is 4.24. The summed E-state index contributed by atoms with van der Waals surface area (Å²) in [4.78, 5) is 10.0. The van der Waals surface area contributed by atoms with Gasteiger partial charge in [0.1, 0.15) is 16.5 Å². The molecule has 0 aliphatic rings. The second kappa shape index (κ2) is 6.23. The number of benzene rings is 2. The van der Waals surface area contributed by atoms with Crippen molar-refractivity contribution in [1.82, 2.24) is 0 Å². The molecule has 0 bridgehead atoms. The van der Waals surface area contributed by atoms with Crippen LogP contribution < -0.4 is 4.18 Å². The normalized spacial score (nSPS) is 12.0. The minimum atomic E-state index is -4.86. The van der Waals surface area contributed by atoms with E-state index in [-0.39, 0.29) is 23.2 Å². The smallest absolute Gasteiger partial charge is 0.379 e. The van der Waals surface area contributed by atoms with E-state index < -0.39 is 32.6 Å². The number of carbonyl (C=O) groups excluding carboxylic acids is 1. The maximum Gasteiger partial charge on any atom is 0.416 e. The fraction of sp³-hybridized carbons (Fsp3) is 0.133. The second-order valence-corrected chi connectivity index (χ2v) is 6.28. The summed E-state index contributed by atoms with van der Waals surface area (Å²) in [6.07, 6.45) is -4.84. The molecule has 0 N–H and O–H groups in total. The predicted molar refractivity (Wildman–Crippen MR) is 75.7 cm³/mol. The molecule has 0 aliphatic heterocycles. The van der Waals surface area contributed by atoms with Crippen molar-refractivity contribution in [2.75, 3.05) is 0 Å². The van der Waals surface area contributed by atoms with Gasteiger partial charge in [-0.2, -0.15) is 21.6 Å². The van der Waals surface area contributed by atoms with E-state index in [2.05, 4.69) is 4.18 Å². The second-order valence-electron chi connectivity index (χ2n) is 4.76. The lowest BCUT2D eigenvalue weighted by Gasteiger charge is -2.11. The molecule has 0 aliphatic carbocycles. The number of alkyl halides is 3. The van der Waals surface area contributed by atoms with E-state index in [1.54, 1.807) is 0 Å². The summed E-state index contributed by atoms with van der Waals surface area (Å²) in [6.45, 7) is 1.24. The summed E-state index contributed by atoms with van der Waals surface area (Å²) in [5, 5.41) is 0. The lowest BCUT2D eigenvalue weighted by atomic mass is 10.1. The van der Waals surface area contributed by atoms with Crippen molar-refractivity contribution in [3.8, 4) is 5.75 Å². The maximum absolute atomic E-state index is 13.7. The van der Waals surface area contributed by atoms with E-state index >= 15 is 0 Å². The lowest BCUT2D eigenvalue weighted by molar-refractivity contribution is -0.137. The zero-order valence-corrected chi connectivity index (χ0v) is 12.9. The Morgan fingerprint density at radius 3 is 2.33 bits per heavy atom. The molecule has 0 atom stereocenters. The molecule has 2 rings (SSSR count). The summed E-state index contributed by atoms with van der Waals surface area (Å²) in [6, 6.07) is 5.95. The van der Waals surface area contributed by atoms with Gasteiger partial charge in [-0.05, 0) is 37.3 Å². The average molecular weight is 362 g/mol. The van der Waals surface area contributed by atoms with Gasteiger partial charge in [-0.3, -0.25) is 4.79 Å². The molecule has 0 amide bonds. The van der Waals surface area contributed by atoms with Gasteiger partial charge in [0, 0.05) is 5.56 Å². The number of hydrogen-bond donors (Lipinski definition) is 0. The van der Waals surface area contributed by atoms with Crippen molar-refractivity contribution in [2.45, 2.75) is 18.0 Å². The SMILES string of the molecule is CC(=O)c1cccc(OS(=O)(=O)c2cc(C(F)(F)F)ccc2F)c1. The minimum absolute atomic E-state index is 0.132. The van der Waals surface area contributed by atoms with Crippen molar-refractivity contribution in [2.24, 2.45) is 0 Å². The van der Waals surface area contributed by atoms with Gasteiger partial charge in [-0.15, -0.1) is 0 Å². The molecule has 9 heteroatoms. The Bertz CT molecular complexity index is 889. The van der Waals surface area contributed by atoms with Crippen LogP contribution in [-0.4, -0.2) is 14.2 Å². The molecular formula is C15H10F4O4S. The van der Waals surface area contributed by atoms with Crippen LogP contribution in [0.15, 0.2) is 47.4 Å². The summed E-state index contributed by atoms with van der Waals surface area (Å²) in [7, 11) is -4.86. The van der Waals surface area contributed by atoms with Crippen molar-refractivity contribution >= 4 is 15.9 Å². The largest absolute Gasteiger partial charge is 0.416 e. The third-order valence-electron chi connectivity index (χ3n) is 2.97. The summed E-state index contributed by atoms with van der Waals surface area (Å²) >= 11 is 0. The van der Waals surface area contributed by atoms with E-state index in [0.29, 0.717) is 12.1 Å². The first-order chi connectivity index (χ1) is 11.0. The van der Waals surface area contributed by atoms with Crippen LogP contribution >= 0.6 is 0 Å². The fourth-order valence-corrected chi connectivity index (χ4v) is 2.83. The van der Waals surface area contributed by atoms with Gasteiger partial charge in [0.05, 0.1) is 5.56 Å². The van der Waals surface area contributed by atoms with Gasteiger partial charge >= 0.3 is 16.3 Å². The van der Waals surface area contributed by atoms with Crippen LogP contribution in [0.1, 0.15) is 22.8 Å². The molecular weight excluding hydrogens is 352 g/mol.